The summed E-state index contributed by atoms with van der Waals surface area (Å²) in [6.07, 6.45) is 8.78. The second-order valence-electron chi connectivity index (χ2n) is 8.95. The van der Waals surface area contributed by atoms with Crippen molar-refractivity contribution in [1.82, 2.24) is 10.2 Å². The summed E-state index contributed by atoms with van der Waals surface area (Å²) >= 11 is 0. The molecule has 2 unspecified atom stereocenters. The lowest BCUT2D eigenvalue weighted by atomic mass is 9.49. The van der Waals surface area contributed by atoms with Crippen LogP contribution in [0.3, 0.4) is 0 Å². The minimum atomic E-state index is -0.334. The molecular weight excluding hydrogens is 304 g/mol. The fourth-order valence-corrected chi connectivity index (χ4v) is 6.34. The average Bonchev–Trinajstić information content (AvgIpc) is 3.02. The Hall–Kier alpha value is -1.10. The van der Waals surface area contributed by atoms with Crippen molar-refractivity contribution in [1.29, 1.82) is 0 Å². The predicted molar refractivity (Wildman–Crippen MR) is 90.0 cm³/mol. The zero-order valence-corrected chi connectivity index (χ0v) is 14.7. The monoisotopic (exact) mass is 334 g/mol. The molecule has 2 atom stereocenters. The number of amides is 2. The quantitative estimate of drug-likeness (QED) is 0.822. The summed E-state index contributed by atoms with van der Waals surface area (Å²) < 4.78 is 0. The normalized spacial score (nSPS) is 41.5. The molecule has 5 aliphatic rings. The second-order valence-corrected chi connectivity index (χ2v) is 8.95. The van der Waals surface area contributed by atoms with Gasteiger partial charge in [0.2, 0.25) is 11.8 Å². The molecule has 0 spiro atoms. The highest BCUT2D eigenvalue weighted by molar-refractivity contribution is 5.91. The Labute approximate surface area is 144 Å². The van der Waals surface area contributed by atoms with Gasteiger partial charge >= 0.3 is 0 Å². The molecule has 0 aromatic carbocycles. The lowest BCUT2D eigenvalue weighted by Crippen LogP contribution is -2.57. The first-order chi connectivity index (χ1) is 11.5. The van der Waals surface area contributed by atoms with E-state index < -0.39 is 0 Å². The predicted octanol–water partition coefficient (Wildman–Crippen LogP) is 1.69. The molecule has 1 heterocycles. The van der Waals surface area contributed by atoms with Crippen LogP contribution in [0, 0.1) is 23.2 Å². The minimum Gasteiger partial charge on any atom is -0.394 e. The summed E-state index contributed by atoms with van der Waals surface area (Å²) in [5, 5.41) is 12.0. The molecular formula is C19H30N2O3. The third-order valence-corrected chi connectivity index (χ3v) is 6.97. The summed E-state index contributed by atoms with van der Waals surface area (Å²) in [5.74, 6) is 2.39. The molecule has 0 radical (unpaired) electrons. The molecule has 1 saturated heterocycles. The fraction of sp³-hybridized carbons (Fsp3) is 0.895. The van der Waals surface area contributed by atoms with Gasteiger partial charge in [0.1, 0.15) is 6.04 Å². The molecule has 5 nitrogen and oxygen atoms in total. The van der Waals surface area contributed by atoms with Crippen LogP contribution in [0.5, 0.6) is 0 Å². The van der Waals surface area contributed by atoms with Crippen molar-refractivity contribution >= 4 is 11.8 Å². The molecule has 134 valence electrons. The highest BCUT2D eigenvalue weighted by Gasteiger charge is 2.56. The fourth-order valence-electron chi connectivity index (χ4n) is 6.34. The Bertz CT molecular complexity index is 497. The maximum Gasteiger partial charge on any atom is 0.243 e. The number of aliphatic hydroxyl groups is 1. The Morgan fingerprint density at radius 1 is 1.17 bits per heavy atom. The van der Waals surface area contributed by atoms with E-state index in [1.54, 1.807) is 6.92 Å². The van der Waals surface area contributed by atoms with Crippen LogP contribution in [0.2, 0.25) is 0 Å². The minimum absolute atomic E-state index is 0.0681. The van der Waals surface area contributed by atoms with E-state index in [9.17, 15) is 9.59 Å². The Morgan fingerprint density at radius 2 is 1.75 bits per heavy atom. The van der Waals surface area contributed by atoms with E-state index in [4.69, 9.17) is 5.11 Å². The second kappa shape index (κ2) is 6.01. The molecule has 5 fully saturated rings. The lowest BCUT2D eigenvalue weighted by molar-refractivity contribution is -0.160. The number of likely N-dealkylation sites (tertiary alicyclic amines) is 1. The van der Waals surface area contributed by atoms with Crippen molar-refractivity contribution in [2.45, 2.75) is 70.4 Å². The maximum absolute atomic E-state index is 13.5. The summed E-state index contributed by atoms with van der Waals surface area (Å²) in [6.45, 7) is 2.44. The molecule has 24 heavy (non-hydrogen) atoms. The van der Waals surface area contributed by atoms with E-state index in [0.717, 1.165) is 49.9 Å². The first-order valence-electron chi connectivity index (χ1n) is 9.73. The van der Waals surface area contributed by atoms with Gasteiger partial charge in [0, 0.05) is 12.6 Å². The highest BCUT2D eigenvalue weighted by Crippen LogP contribution is 2.60. The van der Waals surface area contributed by atoms with Crippen molar-refractivity contribution in [2.75, 3.05) is 13.2 Å². The average molecular weight is 334 g/mol. The van der Waals surface area contributed by atoms with Crippen LogP contribution in [0.1, 0.15) is 58.3 Å². The third kappa shape index (κ3) is 2.65. The Morgan fingerprint density at radius 3 is 2.29 bits per heavy atom. The third-order valence-electron chi connectivity index (χ3n) is 6.97. The van der Waals surface area contributed by atoms with Gasteiger partial charge in [-0.3, -0.25) is 9.59 Å². The molecule has 5 heteroatoms. The molecule has 4 aliphatic carbocycles. The van der Waals surface area contributed by atoms with Crippen molar-refractivity contribution in [3.8, 4) is 0 Å². The lowest BCUT2D eigenvalue weighted by Gasteiger charge is -2.56. The molecule has 5 rings (SSSR count). The van der Waals surface area contributed by atoms with Crippen LogP contribution in [0.4, 0.5) is 0 Å². The van der Waals surface area contributed by atoms with Gasteiger partial charge in [-0.05, 0) is 76.0 Å². The highest BCUT2D eigenvalue weighted by atomic mass is 16.3. The van der Waals surface area contributed by atoms with Crippen molar-refractivity contribution in [2.24, 2.45) is 23.2 Å². The molecule has 0 aromatic heterocycles. The van der Waals surface area contributed by atoms with E-state index >= 15 is 0 Å². The van der Waals surface area contributed by atoms with Gasteiger partial charge in [-0.2, -0.15) is 0 Å². The van der Waals surface area contributed by atoms with Gasteiger partial charge in [0.05, 0.1) is 12.0 Å². The van der Waals surface area contributed by atoms with E-state index in [1.807, 2.05) is 4.90 Å². The van der Waals surface area contributed by atoms with Crippen LogP contribution in [0.25, 0.3) is 0 Å². The van der Waals surface area contributed by atoms with Crippen molar-refractivity contribution in [3.05, 3.63) is 0 Å². The van der Waals surface area contributed by atoms with E-state index in [0.29, 0.717) is 6.54 Å². The van der Waals surface area contributed by atoms with Crippen molar-refractivity contribution in [3.63, 3.8) is 0 Å². The van der Waals surface area contributed by atoms with Crippen LogP contribution in [0.15, 0.2) is 0 Å². The topological polar surface area (TPSA) is 69.6 Å². The number of carbonyl (C=O) groups is 2. The Balaban J connectivity index is 1.50. The maximum atomic E-state index is 13.5. The number of hydrogen-bond acceptors (Lipinski definition) is 3. The van der Waals surface area contributed by atoms with Crippen LogP contribution < -0.4 is 5.32 Å². The molecule has 1 aliphatic heterocycles. The van der Waals surface area contributed by atoms with Gasteiger partial charge in [-0.15, -0.1) is 0 Å². The first-order valence-corrected chi connectivity index (χ1v) is 9.73. The van der Waals surface area contributed by atoms with Gasteiger partial charge in [0.25, 0.3) is 0 Å². The van der Waals surface area contributed by atoms with Gasteiger partial charge in [0.15, 0.2) is 0 Å². The number of nitrogens with one attached hydrogen (secondary N) is 1. The number of nitrogens with zero attached hydrogens (tertiary/aromatic N) is 1. The largest absolute Gasteiger partial charge is 0.394 e. The smallest absolute Gasteiger partial charge is 0.243 e. The SMILES string of the molecule is CC(CO)NC(=O)C1CCCN1C(=O)C12CC3CC(CC(C3)C1)C2. The summed E-state index contributed by atoms with van der Waals surface area (Å²) in [7, 11) is 0. The molecule has 4 bridgehead atoms. The Kier molecular flexibility index (Phi) is 4.10. The standard InChI is InChI=1S/C19H30N2O3/c1-12(11-22)20-17(23)16-3-2-4-21(16)18(24)19-8-13-5-14(9-19)7-15(6-13)10-19/h12-16,22H,2-11H2,1H3,(H,20,23). The zero-order valence-electron chi connectivity index (χ0n) is 14.7. The number of aliphatic hydroxyl groups excluding tert-OH is 1. The van der Waals surface area contributed by atoms with Crippen molar-refractivity contribution < 1.29 is 14.7 Å². The number of hydrogen-bond donors (Lipinski definition) is 2. The molecule has 2 N–H and O–H groups in total. The van der Waals surface area contributed by atoms with Gasteiger partial charge < -0.3 is 15.3 Å². The number of rotatable bonds is 4. The van der Waals surface area contributed by atoms with Crippen LogP contribution >= 0.6 is 0 Å². The van der Waals surface area contributed by atoms with E-state index in [2.05, 4.69) is 5.32 Å². The van der Waals surface area contributed by atoms with E-state index in [-0.39, 0.29) is 35.9 Å². The summed E-state index contributed by atoms with van der Waals surface area (Å²) in [6, 6.07) is -0.589. The first kappa shape index (κ1) is 16.4. The summed E-state index contributed by atoms with van der Waals surface area (Å²) in [5.41, 5.74) is -0.166. The molecule has 4 saturated carbocycles. The van der Waals surface area contributed by atoms with Crippen LogP contribution in [-0.4, -0.2) is 47.1 Å². The molecule has 0 aromatic rings. The van der Waals surface area contributed by atoms with Gasteiger partial charge in [-0.1, -0.05) is 0 Å². The zero-order chi connectivity index (χ0) is 16.9. The number of carbonyl (C=O) groups excluding carboxylic acids is 2. The van der Waals surface area contributed by atoms with Gasteiger partial charge in [-0.25, -0.2) is 0 Å². The summed E-state index contributed by atoms with van der Waals surface area (Å²) in [4.78, 5) is 27.9. The molecule has 2 amide bonds. The van der Waals surface area contributed by atoms with Crippen LogP contribution in [-0.2, 0) is 9.59 Å². The van der Waals surface area contributed by atoms with E-state index in [1.165, 1.54) is 19.3 Å².